The number of nitrogens with one attached hydrogen (secondary N) is 2. The van der Waals surface area contributed by atoms with Crippen molar-refractivity contribution in [3.05, 3.63) is 32.9 Å². The van der Waals surface area contributed by atoms with Crippen LogP contribution in [0.4, 0.5) is 11.8 Å². The molecule has 162 valence electrons. The first-order valence-electron chi connectivity index (χ1n) is 10.9. The van der Waals surface area contributed by atoms with Gasteiger partial charge in [0.25, 0.3) is 5.91 Å². The number of nitrogens with zero attached hydrogens (tertiary/aromatic N) is 3. The molecular formula is C22H30IN5O2. The highest BCUT2D eigenvalue weighted by molar-refractivity contribution is 14.1. The van der Waals surface area contributed by atoms with Crippen molar-refractivity contribution in [1.82, 2.24) is 15.3 Å². The third-order valence-electron chi connectivity index (χ3n) is 6.11. The Kier molecular flexibility index (Phi) is 6.80. The van der Waals surface area contributed by atoms with Gasteiger partial charge in [-0.2, -0.15) is 4.98 Å². The molecule has 7 nitrogen and oxygen atoms in total. The quantitative estimate of drug-likeness (QED) is 0.557. The Labute approximate surface area is 191 Å². The van der Waals surface area contributed by atoms with Crippen molar-refractivity contribution in [3.63, 3.8) is 0 Å². The Hall–Kier alpha value is -1.84. The summed E-state index contributed by atoms with van der Waals surface area (Å²) in [5.74, 6) is 2.59. The second-order valence-electron chi connectivity index (χ2n) is 8.57. The summed E-state index contributed by atoms with van der Waals surface area (Å²) in [6, 6.07) is 3.91. The van der Waals surface area contributed by atoms with E-state index in [0.717, 1.165) is 54.1 Å². The van der Waals surface area contributed by atoms with E-state index in [1.807, 2.05) is 0 Å². The van der Waals surface area contributed by atoms with Crippen molar-refractivity contribution >= 4 is 40.3 Å². The molecule has 0 spiro atoms. The molecule has 2 aliphatic carbocycles. The van der Waals surface area contributed by atoms with Crippen LogP contribution in [-0.2, 0) is 12.8 Å². The standard InChI is InChI=1S/C22H30IN5O2/c1-28(2)20-16-5-3-4-6-17(16)26-22(27-20)25-15-9-7-14(8-10-15)13-24-21(29)18-11-12-19(23)30-18/h11-12,14-15H,3-10,13H2,1-2H3,(H,24,29)(H,25,26,27)/t14-,15+. The van der Waals surface area contributed by atoms with Gasteiger partial charge in [0, 0.05) is 32.2 Å². The van der Waals surface area contributed by atoms with Crippen molar-refractivity contribution in [2.75, 3.05) is 30.9 Å². The van der Waals surface area contributed by atoms with Crippen LogP contribution in [0.1, 0.15) is 60.3 Å². The van der Waals surface area contributed by atoms with Gasteiger partial charge in [0.1, 0.15) is 5.82 Å². The van der Waals surface area contributed by atoms with Gasteiger partial charge in [-0.1, -0.05) is 0 Å². The Morgan fingerprint density at radius 3 is 2.63 bits per heavy atom. The summed E-state index contributed by atoms with van der Waals surface area (Å²) in [5, 5.41) is 6.60. The minimum absolute atomic E-state index is 0.128. The fraction of sp³-hybridized carbons (Fsp3) is 0.591. The summed E-state index contributed by atoms with van der Waals surface area (Å²) in [6.07, 6.45) is 8.87. The molecule has 1 saturated carbocycles. The number of hydrogen-bond donors (Lipinski definition) is 2. The predicted molar refractivity (Wildman–Crippen MR) is 126 cm³/mol. The zero-order valence-corrected chi connectivity index (χ0v) is 19.9. The van der Waals surface area contributed by atoms with Crippen molar-refractivity contribution in [2.45, 2.75) is 57.4 Å². The molecule has 0 aliphatic heterocycles. The van der Waals surface area contributed by atoms with Gasteiger partial charge < -0.3 is 20.0 Å². The average molecular weight is 523 g/mol. The number of fused-ring (bicyclic) bond motifs is 1. The predicted octanol–water partition coefficient (Wildman–Crippen LogP) is 4.02. The Bertz CT molecular complexity index is 890. The molecule has 0 radical (unpaired) electrons. The van der Waals surface area contributed by atoms with Crippen LogP contribution in [0.15, 0.2) is 16.5 Å². The molecule has 2 aromatic heterocycles. The monoisotopic (exact) mass is 523 g/mol. The van der Waals surface area contributed by atoms with Gasteiger partial charge in [0.2, 0.25) is 5.95 Å². The topological polar surface area (TPSA) is 83.3 Å². The average Bonchev–Trinajstić information content (AvgIpc) is 3.19. The molecule has 0 atom stereocenters. The molecule has 1 amide bonds. The largest absolute Gasteiger partial charge is 0.445 e. The fourth-order valence-corrected chi connectivity index (χ4v) is 4.88. The van der Waals surface area contributed by atoms with Crippen LogP contribution in [0.2, 0.25) is 0 Å². The number of carbonyl (C=O) groups is 1. The third-order valence-corrected chi connectivity index (χ3v) is 6.69. The van der Waals surface area contributed by atoms with Crippen LogP contribution >= 0.6 is 22.6 Å². The maximum absolute atomic E-state index is 12.2. The van der Waals surface area contributed by atoms with E-state index in [2.05, 4.69) is 52.2 Å². The van der Waals surface area contributed by atoms with Crippen LogP contribution in [0.25, 0.3) is 0 Å². The lowest BCUT2D eigenvalue weighted by Crippen LogP contribution is -2.34. The van der Waals surface area contributed by atoms with Gasteiger partial charge in [0.05, 0.1) is 5.69 Å². The Morgan fingerprint density at radius 1 is 1.17 bits per heavy atom. The lowest BCUT2D eigenvalue weighted by molar-refractivity contribution is 0.0914. The lowest BCUT2D eigenvalue weighted by Gasteiger charge is -2.30. The number of furan rings is 1. The van der Waals surface area contributed by atoms with E-state index in [1.165, 1.54) is 24.1 Å². The second-order valence-corrected chi connectivity index (χ2v) is 9.64. The Morgan fingerprint density at radius 2 is 1.93 bits per heavy atom. The maximum atomic E-state index is 12.2. The van der Waals surface area contributed by atoms with Gasteiger partial charge in [0.15, 0.2) is 9.53 Å². The summed E-state index contributed by atoms with van der Waals surface area (Å²) in [6.45, 7) is 0.697. The molecule has 0 unspecified atom stereocenters. The minimum Gasteiger partial charge on any atom is -0.445 e. The van der Waals surface area contributed by atoms with Crippen LogP contribution in [0, 0.1) is 9.68 Å². The number of halogens is 1. The summed E-state index contributed by atoms with van der Waals surface area (Å²) < 4.78 is 6.11. The first-order valence-corrected chi connectivity index (χ1v) is 11.9. The summed E-state index contributed by atoms with van der Waals surface area (Å²) in [5.41, 5.74) is 2.54. The van der Waals surface area contributed by atoms with Gasteiger partial charge in [-0.25, -0.2) is 4.98 Å². The SMILES string of the molecule is CN(C)c1nc(N[C@H]2CC[C@@H](CNC(=O)c3ccc(I)o3)CC2)nc2c1CCCC2. The van der Waals surface area contributed by atoms with E-state index < -0.39 is 0 Å². The highest BCUT2D eigenvalue weighted by Crippen LogP contribution is 2.30. The fourth-order valence-electron chi connectivity index (χ4n) is 4.46. The van der Waals surface area contributed by atoms with Crippen LogP contribution in [0.5, 0.6) is 0 Å². The van der Waals surface area contributed by atoms with E-state index in [4.69, 9.17) is 14.4 Å². The number of aryl methyl sites for hydroxylation is 1. The van der Waals surface area contributed by atoms with Crippen molar-refractivity contribution in [3.8, 4) is 0 Å². The van der Waals surface area contributed by atoms with Gasteiger partial charge >= 0.3 is 0 Å². The molecule has 2 aromatic rings. The first kappa shape index (κ1) is 21.4. The number of anilines is 2. The third kappa shape index (κ3) is 5.07. The molecule has 0 bridgehead atoms. The molecule has 0 aromatic carbocycles. The summed E-state index contributed by atoms with van der Waals surface area (Å²) in [4.78, 5) is 24.0. The number of aromatic nitrogens is 2. The van der Waals surface area contributed by atoms with Crippen molar-refractivity contribution in [2.24, 2.45) is 5.92 Å². The first-order chi connectivity index (χ1) is 14.5. The molecular weight excluding hydrogens is 493 g/mol. The van der Waals surface area contributed by atoms with E-state index in [9.17, 15) is 4.79 Å². The van der Waals surface area contributed by atoms with Crippen molar-refractivity contribution < 1.29 is 9.21 Å². The van der Waals surface area contributed by atoms with E-state index in [0.29, 0.717) is 24.3 Å². The number of hydrogen-bond acceptors (Lipinski definition) is 6. The van der Waals surface area contributed by atoms with Crippen LogP contribution in [0.3, 0.4) is 0 Å². The smallest absolute Gasteiger partial charge is 0.287 e. The molecule has 2 heterocycles. The van der Waals surface area contributed by atoms with Crippen LogP contribution < -0.4 is 15.5 Å². The zero-order chi connectivity index (χ0) is 21.1. The lowest BCUT2D eigenvalue weighted by atomic mass is 9.86. The number of amides is 1. The zero-order valence-electron chi connectivity index (χ0n) is 17.7. The molecule has 2 N–H and O–H groups in total. The number of carbonyl (C=O) groups excluding carboxylic acids is 1. The molecule has 30 heavy (non-hydrogen) atoms. The molecule has 8 heteroatoms. The molecule has 0 saturated heterocycles. The van der Waals surface area contributed by atoms with Gasteiger partial charge in [-0.3, -0.25) is 4.79 Å². The second kappa shape index (κ2) is 9.53. The molecule has 4 rings (SSSR count). The highest BCUT2D eigenvalue weighted by atomic mass is 127. The summed E-state index contributed by atoms with van der Waals surface area (Å²) in [7, 11) is 4.12. The highest BCUT2D eigenvalue weighted by Gasteiger charge is 2.24. The maximum Gasteiger partial charge on any atom is 0.287 e. The van der Waals surface area contributed by atoms with Gasteiger partial charge in [-0.05, 0) is 92.0 Å². The van der Waals surface area contributed by atoms with E-state index >= 15 is 0 Å². The minimum atomic E-state index is -0.128. The molecule has 1 fully saturated rings. The van der Waals surface area contributed by atoms with E-state index in [1.54, 1.807) is 12.1 Å². The van der Waals surface area contributed by atoms with Crippen LogP contribution in [-0.4, -0.2) is 42.6 Å². The molecule has 2 aliphatic rings. The normalized spacial score (nSPS) is 21.0. The summed E-state index contributed by atoms with van der Waals surface area (Å²) >= 11 is 2.07. The number of rotatable bonds is 6. The van der Waals surface area contributed by atoms with Gasteiger partial charge in [-0.15, -0.1) is 0 Å². The Balaban J connectivity index is 1.29. The van der Waals surface area contributed by atoms with E-state index in [-0.39, 0.29) is 5.91 Å². The van der Waals surface area contributed by atoms with Crippen molar-refractivity contribution in [1.29, 1.82) is 0 Å².